The first-order valence-corrected chi connectivity index (χ1v) is 11.5. The number of aromatic nitrogens is 2. The van der Waals surface area contributed by atoms with Gasteiger partial charge in [-0.05, 0) is 62.8 Å². The van der Waals surface area contributed by atoms with Crippen molar-refractivity contribution in [2.75, 3.05) is 30.9 Å². The topological polar surface area (TPSA) is 87.2 Å². The molecule has 0 unspecified atom stereocenters. The van der Waals surface area contributed by atoms with E-state index in [9.17, 15) is 9.59 Å². The van der Waals surface area contributed by atoms with Crippen LogP contribution in [0.1, 0.15) is 53.3 Å². The van der Waals surface area contributed by atoms with E-state index in [4.69, 9.17) is 9.97 Å². The quantitative estimate of drug-likeness (QED) is 0.527. The fraction of sp³-hybridized carbons (Fsp3) is 0.385. The number of hydrogen-bond acceptors (Lipinski definition) is 6. The van der Waals surface area contributed by atoms with Gasteiger partial charge in [0.25, 0.3) is 5.91 Å². The molecule has 0 atom stereocenters. The van der Waals surface area contributed by atoms with Gasteiger partial charge in [-0.2, -0.15) is 4.98 Å². The molecule has 0 saturated heterocycles. The van der Waals surface area contributed by atoms with Gasteiger partial charge >= 0.3 is 0 Å². The third-order valence-corrected chi connectivity index (χ3v) is 6.29. The van der Waals surface area contributed by atoms with Crippen molar-refractivity contribution in [3.8, 4) is 0 Å². The zero-order chi connectivity index (χ0) is 23.4. The summed E-state index contributed by atoms with van der Waals surface area (Å²) in [6.45, 7) is 2.19. The Morgan fingerprint density at radius 3 is 2.27 bits per heavy atom. The Morgan fingerprint density at radius 1 is 0.939 bits per heavy atom. The van der Waals surface area contributed by atoms with Crippen LogP contribution in [0, 0.1) is 5.92 Å². The molecule has 2 aromatic carbocycles. The van der Waals surface area contributed by atoms with Crippen LogP contribution in [-0.2, 0) is 0 Å². The average molecular weight is 446 g/mol. The molecule has 1 aliphatic carbocycles. The number of Topliss-reactive ketones (excluding diaryl/α,β-unsaturated/α-hetero) is 1. The molecule has 3 aromatic rings. The van der Waals surface area contributed by atoms with Crippen LogP contribution in [0.2, 0.25) is 0 Å². The lowest BCUT2D eigenvalue weighted by molar-refractivity contribution is 0.0941. The number of nitrogens with one attached hydrogen (secondary N) is 2. The first kappa shape index (κ1) is 22.7. The number of nitrogens with zero attached hydrogens (tertiary/aromatic N) is 3. The van der Waals surface area contributed by atoms with Crippen molar-refractivity contribution in [1.29, 1.82) is 0 Å². The second-order valence-corrected chi connectivity index (χ2v) is 8.99. The lowest BCUT2D eigenvalue weighted by Gasteiger charge is -2.29. The summed E-state index contributed by atoms with van der Waals surface area (Å²) in [6, 6.07) is 15.2. The molecule has 1 aliphatic rings. The number of para-hydroxylation sites is 1. The Balaban J connectivity index is 1.29. The van der Waals surface area contributed by atoms with Crippen LogP contribution in [0.3, 0.4) is 0 Å². The average Bonchev–Trinajstić information content (AvgIpc) is 2.83. The predicted molar refractivity (Wildman–Crippen MR) is 132 cm³/mol. The molecule has 1 aromatic heterocycles. The molecule has 172 valence electrons. The highest BCUT2D eigenvalue weighted by Crippen LogP contribution is 2.28. The van der Waals surface area contributed by atoms with E-state index in [2.05, 4.69) is 10.6 Å². The molecule has 1 amide bonds. The maximum atomic E-state index is 12.4. The van der Waals surface area contributed by atoms with Gasteiger partial charge in [-0.1, -0.05) is 24.3 Å². The Morgan fingerprint density at radius 2 is 1.61 bits per heavy atom. The fourth-order valence-electron chi connectivity index (χ4n) is 4.35. The minimum atomic E-state index is -0.0915. The highest BCUT2D eigenvalue weighted by molar-refractivity contribution is 5.97. The Kier molecular flexibility index (Phi) is 6.87. The van der Waals surface area contributed by atoms with Crippen molar-refractivity contribution in [3.63, 3.8) is 0 Å². The van der Waals surface area contributed by atoms with Crippen LogP contribution in [0.4, 0.5) is 11.8 Å². The van der Waals surface area contributed by atoms with Gasteiger partial charge in [0, 0.05) is 43.2 Å². The summed E-state index contributed by atoms with van der Waals surface area (Å²) in [7, 11) is 3.99. The predicted octanol–water partition coefficient (Wildman–Crippen LogP) is 4.30. The van der Waals surface area contributed by atoms with E-state index in [-0.39, 0.29) is 11.7 Å². The fourth-order valence-corrected chi connectivity index (χ4v) is 4.35. The van der Waals surface area contributed by atoms with Crippen molar-refractivity contribution in [1.82, 2.24) is 15.3 Å². The summed E-state index contributed by atoms with van der Waals surface area (Å²) in [6.07, 6.45) is 4.10. The summed E-state index contributed by atoms with van der Waals surface area (Å²) in [5.41, 5.74) is 2.14. The van der Waals surface area contributed by atoms with Crippen molar-refractivity contribution < 1.29 is 9.59 Å². The molecule has 0 bridgehead atoms. The number of benzene rings is 2. The normalized spacial score (nSPS) is 18.0. The minimum absolute atomic E-state index is 0.000597. The van der Waals surface area contributed by atoms with E-state index < -0.39 is 0 Å². The highest BCUT2D eigenvalue weighted by Gasteiger charge is 2.23. The second kappa shape index (κ2) is 9.98. The third-order valence-electron chi connectivity index (χ3n) is 6.29. The maximum absolute atomic E-state index is 12.4. The van der Waals surface area contributed by atoms with Gasteiger partial charge in [0.2, 0.25) is 5.95 Å². The molecule has 7 heteroatoms. The molecular weight excluding hydrogens is 414 g/mol. The highest BCUT2D eigenvalue weighted by atomic mass is 16.1. The van der Waals surface area contributed by atoms with Crippen LogP contribution in [0.5, 0.6) is 0 Å². The number of ketones is 1. The molecule has 2 N–H and O–H groups in total. The van der Waals surface area contributed by atoms with Gasteiger partial charge in [-0.15, -0.1) is 0 Å². The monoisotopic (exact) mass is 445 g/mol. The molecule has 33 heavy (non-hydrogen) atoms. The van der Waals surface area contributed by atoms with Crippen molar-refractivity contribution in [2.24, 2.45) is 5.92 Å². The first-order valence-electron chi connectivity index (χ1n) is 11.5. The standard InChI is InChI=1S/C26H31N5O2/c1-17(32)19-10-12-20(13-11-19)25(33)27-16-18-8-14-21(15-9-18)28-26-29-23-7-5-4-6-22(23)24(30-26)31(2)3/h4-7,10-13,18,21H,8-9,14-16H2,1-3H3,(H,27,33)(H,28,29,30). The Labute approximate surface area is 194 Å². The zero-order valence-electron chi connectivity index (χ0n) is 19.5. The SMILES string of the molecule is CC(=O)c1ccc(C(=O)NCC2CCC(Nc3nc(N(C)C)c4ccccc4n3)CC2)cc1. The van der Waals surface area contributed by atoms with Gasteiger partial charge in [0.1, 0.15) is 5.82 Å². The number of fused-ring (bicyclic) bond motifs is 1. The number of carbonyl (C=O) groups excluding carboxylic acids is 2. The van der Waals surface area contributed by atoms with Gasteiger partial charge in [0.05, 0.1) is 5.52 Å². The smallest absolute Gasteiger partial charge is 0.251 e. The summed E-state index contributed by atoms with van der Waals surface area (Å²) < 4.78 is 0. The largest absolute Gasteiger partial charge is 0.362 e. The molecule has 4 rings (SSSR count). The molecular formula is C26H31N5O2. The van der Waals surface area contributed by atoms with Gasteiger partial charge < -0.3 is 15.5 Å². The van der Waals surface area contributed by atoms with Gasteiger partial charge in [-0.3, -0.25) is 9.59 Å². The van der Waals surface area contributed by atoms with E-state index >= 15 is 0 Å². The molecule has 0 radical (unpaired) electrons. The van der Waals surface area contributed by atoms with Gasteiger partial charge in [-0.25, -0.2) is 4.98 Å². The van der Waals surface area contributed by atoms with Crippen LogP contribution in [0.15, 0.2) is 48.5 Å². The molecule has 0 spiro atoms. The number of carbonyl (C=O) groups is 2. The summed E-state index contributed by atoms with van der Waals surface area (Å²) in [5.74, 6) is 1.95. The van der Waals surface area contributed by atoms with Crippen molar-refractivity contribution >= 4 is 34.4 Å². The van der Waals surface area contributed by atoms with Crippen molar-refractivity contribution in [3.05, 3.63) is 59.7 Å². The zero-order valence-corrected chi connectivity index (χ0v) is 19.5. The number of hydrogen-bond donors (Lipinski definition) is 2. The number of anilines is 2. The van der Waals surface area contributed by atoms with E-state index in [0.717, 1.165) is 42.4 Å². The molecule has 7 nitrogen and oxygen atoms in total. The molecule has 1 fully saturated rings. The second-order valence-electron chi connectivity index (χ2n) is 8.99. The van der Waals surface area contributed by atoms with Crippen LogP contribution in [0.25, 0.3) is 10.9 Å². The first-order chi connectivity index (χ1) is 15.9. The van der Waals surface area contributed by atoms with Gasteiger partial charge in [0.15, 0.2) is 5.78 Å². The van der Waals surface area contributed by atoms with E-state index in [0.29, 0.717) is 35.6 Å². The number of amides is 1. The third kappa shape index (κ3) is 5.48. The summed E-state index contributed by atoms with van der Waals surface area (Å²) in [4.78, 5) is 35.3. The summed E-state index contributed by atoms with van der Waals surface area (Å²) in [5, 5.41) is 7.62. The molecule has 0 aliphatic heterocycles. The van der Waals surface area contributed by atoms with Crippen molar-refractivity contribution in [2.45, 2.75) is 38.6 Å². The van der Waals surface area contributed by atoms with E-state index in [1.807, 2.05) is 43.3 Å². The Bertz CT molecular complexity index is 1140. The lowest BCUT2D eigenvalue weighted by atomic mass is 9.86. The minimum Gasteiger partial charge on any atom is -0.362 e. The van der Waals surface area contributed by atoms with E-state index in [1.165, 1.54) is 6.92 Å². The Hall–Kier alpha value is -3.48. The maximum Gasteiger partial charge on any atom is 0.251 e. The van der Waals surface area contributed by atoms with Crippen LogP contribution < -0.4 is 15.5 Å². The summed E-state index contributed by atoms with van der Waals surface area (Å²) >= 11 is 0. The van der Waals surface area contributed by atoms with Crippen LogP contribution in [-0.4, -0.2) is 48.3 Å². The number of rotatable bonds is 7. The molecule has 1 saturated carbocycles. The lowest BCUT2D eigenvalue weighted by Crippen LogP contribution is -2.34. The van der Waals surface area contributed by atoms with Crippen LogP contribution >= 0.6 is 0 Å². The van der Waals surface area contributed by atoms with E-state index in [1.54, 1.807) is 24.3 Å². The molecule has 1 heterocycles.